The van der Waals surface area contributed by atoms with Gasteiger partial charge in [0.2, 0.25) is 17.7 Å². The molecule has 0 aliphatic carbocycles. The van der Waals surface area contributed by atoms with Crippen molar-refractivity contribution in [1.82, 2.24) is 16.0 Å². The highest BCUT2D eigenvalue weighted by Gasteiger charge is 2.59. The first kappa shape index (κ1) is 70.6. The predicted octanol–water partition coefficient (Wildman–Crippen LogP) is -14.8. The molecule has 35 atom stereocenters. The minimum atomic E-state index is -2.36. The Bertz CT molecular complexity index is 2170. The van der Waals surface area contributed by atoms with Crippen LogP contribution in [0.3, 0.4) is 0 Å². The Labute approximate surface area is 488 Å². The molecule has 0 aromatic rings. The average Bonchev–Trinajstić information content (AvgIpc) is 1.06. The van der Waals surface area contributed by atoms with E-state index in [4.69, 9.17) is 61.6 Å². The van der Waals surface area contributed by atoms with Crippen molar-refractivity contribution in [1.29, 1.82) is 0 Å². The van der Waals surface area contributed by atoms with Gasteiger partial charge in [-0.1, -0.05) is 0 Å². The lowest BCUT2D eigenvalue weighted by Crippen LogP contribution is -2.71. The van der Waals surface area contributed by atoms with E-state index in [-0.39, 0.29) is 0 Å². The van der Waals surface area contributed by atoms with E-state index in [9.17, 15) is 111 Å². The summed E-state index contributed by atoms with van der Waals surface area (Å²) < 4.78 is 76.1. The summed E-state index contributed by atoms with van der Waals surface area (Å²) in [6.07, 6.45) is -61.7. The number of hydrogen-bond donors (Lipinski definition) is 22. The summed E-state index contributed by atoms with van der Waals surface area (Å²) in [7, 11) is 0. The maximum Gasteiger partial charge on any atom is 0.217 e. The fraction of sp³-hybridized carbons (Fsp3) is 0.938. The van der Waals surface area contributed by atoms with Crippen LogP contribution in [0.15, 0.2) is 0 Å². The van der Waals surface area contributed by atoms with Crippen molar-refractivity contribution >= 4 is 17.7 Å². The fourth-order valence-electron chi connectivity index (χ4n) is 10.9. The quantitative estimate of drug-likeness (QED) is 0.0507. The van der Waals surface area contributed by atoms with Gasteiger partial charge in [-0.2, -0.15) is 0 Å². The molecule has 38 heteroatoms. The van der Waals surface area contributed by atoms with Crippen LogP contribution in [-0.2, 0) is 76.0 Å². The first-order valence-corrected chi connectivity index (χ1v) is 27.5. The van der Waals surface area contributed by atoms with Gasteiger partial charge in [0.15, 0.2) is 44.0 Å². The molecule has 0 spiro atoms. The number of ether oxygens (including phenoxy) is 13. The maximum atomic E-state index is 13.0. The first-order valence-electron chi connectivity index (χ1n) is 27.5. The van der Waals surface area contributed by atoms with E-state index in [0.717, 1.165) is 20.8 Å². The van der Waals surface area contributed by atoms with E-state index in [0.29, 0.717) is 0 Å². The van der Waals surface area contributed by atoms with Crippen LogP contribution in [0.5, 0.6) is 0 Å². The summed E-state index contributed by atoms with van der Waals surface area (Å²) in [5.74, 6) is -2.52. The second-order valence-corrected chi connectivity index (χ2v) is 21.8. The van der Waals surface area contributed by atoms with E-state index >= 15 is 0 Å². The van der Waals surface area contributed by atoms with Crippen molar-refractivity contribution in [3.05, 3.63) is 0 Å². The molecule has 7 aliphatic rings. The average molecular weight is 1260 g/mol. The van der Waals surface area contributed by atoms with E-state index in [1.165, 1.54) is 6.92 Å². The topological polar surface area (TPSA) is 592 Å². The SMILES string of the molecule is CC(=O)N[C@@H]1[C@@H](O)[C@H](O[C@@H]2O[C@H](CO)[C@@H](O[C@@H]3O[C@H](CO[C@H]4O[C@H](CO)[C@@H](O)[C@H](O)[C@@H]4O)[C@@H](O)[C@H](O)[C@@H]3O[C@H]3O[C@H](CO)[C@@H](O)[C@H](O)[C@@H]3O[C@@H]3O[C@H](CO)[C@@H](O)[C@H](O)[C@H]3NC(C)=O)[C@H](O)[C@H]2NC(C)=O)[C@@H](CO[C@@H]2O[C@@H](C)[C@@H](O)[C@@H](O)[C@@H]2O)O[C@H]1O. The van der Waals surface area contributed by atoms with Crippen LogP contribution in [0, 0.1) is 0 Å². The van der Waals surface area contributed by atoms with E-state index in [2.05, 4.69) is 16.0 Å². The Balaban J connectivity index is 1.21. The van der Waals surface area contributed by atoms with Crippen LogP contribution in [-0.4, -0.2) is 369 Å². The molecule has 7 aliphatic heterocycles. The molecule has 7 saturated heterocycles. The zero-order valence-electron chi connectivity index (χ0n) is 46.5. The van der Waals surface area contributed by atoms with Gasteiger partial charge < -0.3 is 175 Å². The number of aliphatic hydroxyl groups excluding tert-OH is 19. The predicted molar refractivity (Wildman–Crippen MR) is 265 cm³/mol. The molecule has 22 N–H and O–H groups in total. The van der Waals surface area contributed by atoms with E-state index < -0.39 is 272 Å². The van der Waals surface area contributed by atoms with Gasteiger partial charge in [-0.25, -0.2) is 0 Å². The molecule has 498 valence electrons. The highest BCUT2D eigenvalue weighted by molar-refractivity contribution is 5.74. The van der Waals surface area contributed by atoms with Crippen molar-refractivity contribution in [2.75, 3.05) is 39.6 Å². The van der Waals surface area contributed by atoms with Gasteiger partial charge in [-0.05, 0) is 6.92 Å². The lowest BCUT2D eigenvalue weighted by molar-refractivity contribution is -0.401. The smallest absolute Gasteiger partial charge is 0.217 e. The highest BCUT2D eigenvalue weighted by Crippen LogP contribution is 2.38. The summed E-state index contributed by atoms with van der Waals surface area (Å²) in [6.45, 7) is -1.43. The van der Waals surface area contributed by atoms with Gasteiger partial charge in [0.1, 0.15) is 165 Å². The van der Waals surface area contributed by atoms with Gasteiger partial charge in [0, 0.05) is 20.8 Å². The van der Waals surface area contributed by atoms with Crippen molar-refractivity contribution in [2.24, 2.45) is 0 Å². The molecule has 0 radical (unpaired) electrons. The summed E-state index contributed by atoms with van der Waals surface area (Å²) in [5.41, 5.74) is 0. The summed E-state index contributed by atoms with van der Waals surface area (Å²) in [5, 5.41) is 214. The number of amides is 3. The van der Waals surface area contributed by atoms with Crippen molar-refractivity contribution in [3.8, 4) is 0 Å². The molecule has 0 aromatic heterocycles. The van der Waals surface area contributed by atoms with Crippen LogP contribution < -0.4 is 16.0 Å². The molecule has 3 amide bonds. The van der Waals surface area contributed by atoms with Crippen LogP contribution in [0.1, 0.15) is 27.7 Å². The molecule has 38 nitrogen and oxygen atoms in total. The standard InChI is InChI=1S/C48H81N3O35/c1-11-24(59)32(67)36(71)45(76-11)75-10-20-39(30(65)21(42(73)77-20)49-12(2)56)83-44-23(51-14(4)58)31(66)38(18(8-55)81-44)84-48-41(35(70)28(63)19(82-48)9-74-46-37(72)33(68)26(61)16(6-53)79-46)86-47-40(34(69)27(62)17(7-54)80-47)85-43-22(50-13(3)57)29(64)25(60)15(5-52)78-43/h11,15-48,52-55,59-73H,5-10H2,1-4H3,(H,49,56)(H,50,57)(H,51,58)/t11-,15+,16+,17+,18+,19+,20+,21+,22+,23+,24+,25+,26+,27+,28+,29+,30+,31+,32+,33-,34-,35-,36-,37-,38+,39+,40-,41-,42+,43-,44-,45+,46-,47+,48-/m0/s1. The van der Waals surface area contributed by atoms with Crippen LogP contribution in [0.4, 0.5) is 0 Å². The van der Waals surface area contributed by atoms with E-state index in [1.807, 2.05) is 0 Å². The summed E-state index contributed by atoms with van der Waals surface area (Å²) in [4.78, 5) is 37.5. The molecule has 86 heavy (non-hydrogen) atoms. The van der Waals surface area contributed by atoms with Crippen LogP contribution >= 0.6 is 0 Å². The van der Waals surface area contributed by atoms with Gasteiger partial charge in [-0.15, -0.1) is 0 Å². The lowest BCUT2D eigenvalue weighted by atomic mass is 9.93. The normalized spacial score (nSPS) is 49.4. The Hall–Kier alpha value is -2.87. The Kier molecular flexibility index (Phi) is 25.0. The van der Waals surface area contributed by atoms with Gasteiger partial charge in [-0.3, -0.25) is 14.4 Å². The monoisotopic (exact) mass is 1260 g/mol. The molecule has 7 fully saturated rings. The number of rotatable bonds is 21. The Morgan fingerprint density at radius 1 is 0.326 bits per heavy atom. The minimum Gasteiger partial charge on any atom is -0.394 e. The highest BCUT2D eigenvalue weighted by atomic mass is 16.8. The molecule has 7 heterocycles. The second-order valence-electron chi connectivity index (χ2n) is 21.8. The molecular weight excluding hydrogens is 1180 g/mol. The number of carbonyl (C=O) groups is 3. The molecule has 0 unspecified atom stereocenters. The Morgan fingerprint density at radius 2 is 0.663 bits per heavy atom. The minimum absolute atomic E-state index is 0.780. The maximum absolute atomic E-state index is 13.0. The number of carbonyl (C=O) groups excluding carboxylic acids is 3. The molecule has 0 saturated carbocycles. The largest absolute Gasteiger partial charge is 0.394 e. The fourth-order valence-corrected chi connectivity index (χ4v) is 10.9. The molecule has 7 rings (SSSR count). The third kappa shape index (κ3) is 15.5. The third-order valence-electron chi connectivity index (χ3n) is 15.7. The number of nitrogens with one attached hydrogen (secondary N) is 3. The van der Waals surface area contributed by atoms with Gasteiger partial charge in [0.05, 0.1) is 45.7 Å². The number of hydrogen-bond acceptors (Lipinski definition) is 35. The molecular formula is C48H81N3O35. The summed E-state index contributed by atoms with van der Waals surface area (Å²) in [6, 6.07) is -5.28. The van der Waals surface area contributed by atoms with Crippen LogP contribution in [0.25, 0.3) is 0 Å². The van der Waals surface area contributed by atoms with Crippen molar-refractivity contribution in [2.45, 2.75) is 242 Å². The van der Waals surface area contributed by atoms with Gasteiger partial charge in [0.25, 0.3) is 0 Å². The third-order valence-corrected chi connectivity index (χ3v) is 15.7. The van der Waals surface area contributed by atoms with Gasteiger partial charge >= 0.3 is 0 Å². The van der Waals surface area contributed by atoms with Crippen molar-refractivity contribution < 1.29 is 173 Å². The number of aliphatic hydroxyl groups is 19. The zero-order valence-corrected chi connectivity index (χ0v) is 46.5. The Morgan fingerprint density at radius 3 is 1.17 bits per heavy atom. The lowest BCUT2D eigenvalue weighted by Gasteiger charge is -2.51. The first-order chi connectivity index (χ1) is 40.6. The van der Waals surface area contributed by atoms with E-state index in [1.54, 1.807) is 0 Å². The summed E-state index contributed by atoms with van der Waals surface area (Å²) >= 11 is 0. The second kappa shape index (κ2) is 30.5. The molecule has 0 aromatic carbocycles. The van der Waals surface area contributed by atoms with Crippen LogP contribution in [0.2, 0.25) is 0 Å². The van der Waals surface area contributed by atoms with Crippen molar-refractivity contribution in [3.63, 3.8) is 0 Å². The molecule has 0 bridgehead atoms. The zero-order chi connectivity index (χ0) is 63.5.